The molecule has 0 aliphatic rings. The number of nitrogens with one attached hydrogen (secondary N) is 2. The summed E-state index contributed by atoms with van der Waals surface area (Å²) in [5.41, 5.74) is 4.82. The molecule has 0 radical (unpaired) electrons. The first-order valence-electron chi connectivity index (χ1n) is 5.97. The summed E-state index contributed by atoms with van der Waals surface area (Å²) in [6.07, 6.45) is 0.982. The maximum atomic E-state index is 11.4. The number of hydrogen-bond donors (Lipinski definition) is 3. The molecule has 0 aliphatic heterocycles. The van der Waals surface area contributed by atoms with Crippen LogP contribution < -0.4 is 16.4 Å². The smallest absolute Gasteiger partial charge is 0.240 e. The van der Waals surface area contributed by atoms with Crippen LogP contribution in [0.25, 0.3) is 0 Å². The monoisotopic (exact) mass is 286 g/mol. The van der Waals surface area contributed by atoms with Gasteiger partial charge in [-0.15, -0.1) is 0 Å². The molecule has 9 nitrogen and oxygen atoms in total. The summed E-state index contributed by atoms with van der Waals surface area (Å²) in [4.78, 5) is 55.8. The summed E-state index contributed by atoms with van der Waals surface area (Å²) in [5, 5.41) is 4.38. The Morgan fingerprint density at radius 2 is 1.70 bits per heavy atom. The van der Waals surface area contributed by atoms with Crippen LogP contribution in [-0.4, -0.2) is 54.6 Å². The lowest BCUT2D eigenvalue weighted by Crippen LogP contribution is -2.44. The molecule has 0 saturated carbocycles. The van der Waals surface area contributed by atoms with Crippen molar-refractivity contribution in [2.45, 2.75) is 19.8 Å². The van der Waals surface area contributed by atoms with E-state index >= 15 is 0 Å². The third-order valence-electron chi connectivity index (χ3n) is 2.13. The van der Waals surface area contributed by atoms with Crippen LogP contribution in [0.15, 0.2) is 0 Å². The molecule has 0 aliphatic carbocycles. The number of carbonyl (C=O) groups excluding carboxylic acids is 5. The van der Waals surface area contributed by atoms with Crippen molar-refractivity contribution in [1.82, 2.24) is 15.5 Å². The molecule has 0 rings (SSSR count). The van der Waals surface area contributed by atoms with Gasteiger partial charge in [0.1, 0.15) is 6.54 Å². The first kappa shape index (κ1) is 17.6. The molecule has 0 saturated heterocycles. The summed E-state index contributed by atoms with van der Waals surface area (Å²) in [5.74, 6) is -2.43. The van der Waals surface area contributed by atoms with Gasteiger partial charge in [0.2, 0.25) is 30.0 Å². The molecule has 0 aromatic carbocycles. The van der Waals surface area contributed by atoms with Crippen LogP contribution >= 0.6 is 0 Å². The zero-order chi connectivity index (χ0) is 15.5. The number of rotatable bonds is 9. The van der Waals surface area contributed by atoms with Gasteiger partial charge in [0.15, 0.2) is 0 Å². The van der Waals surface area contributed by atoms with E-state index in [1.54, 1.807) is 6.92 Å². The van der Waals surface area contributed by atoms with Crippen LogP contribution in [0.3, 0.4) is 0 Å². The predicted molar refractivity (Wildman–Crippen MR) is 67.9 cm³/mol. The van der Waals surface area contributed by atoms with E-state index < -0.39 is 30.2 Å². The molecule has 0 bridgehead atoms. The number of primary amides is 1. The zero-order valence-corrected chi connectivity index (χ0v) is 11.2. The van der Waals surface area contributed by atoms with Crippen molar-refractivity contribution >= 4 is 30.0 Å². The van der Waals surface area contributed by atoms with Crippen LogP contribution in [0, 0.1) is 0 Å². The highest BCUT2D eigenvalue weighted by Gasteiger charge is 2.16. The Kier molecular flexibility index (Phi) is 8.32. The van der Waals surface area contributed by atoms with Crippen molar-refractivity contribution in [3.05, 3.63) is 0 Å². The minimum Gasteiger partial charge on any atom is -0.368 e. The Hall–Kier alpha value is -2.45. The molecule has 9 heteroatoms. The summed E-state index contributed by atoms with van der Waals surface area (Å²) in [6.45, 7) is 0.611. The lowest BCUT2D eigenvalue weighted by atomic mass is 10.3. The van der Waals surface area contributed by atoms with E-state index in [2.05, 4.69) is 10.6 Å². The lowest BCUT2D eigenvalue weighted by molar-refractivity contribution is -0.142. The largest absolute Gasteiger partial charge is 0.368 e. The zero-order valence-electron chi connectivity index (χ0n) is 11.2. The van der Waals surface area contributed by atoms with Crippen molar-refractivity contribution in [2.24, 2.45) is 5.73 Å². The van der Waals surface area contributed by atoms with Gasteiger partial charge < -0.3 is 16.4 Å². The highest BCUT2D eigenvalue weighted by Crippen LogP contribution is 1.94. The molecule has 0 aromatic rings. The van der Waals surface area contributed by atoms with Crippen LogP contribution in [-0.2, 0) is 24.0 Å². The second kappa shape index (κ2) is 9.48. The van der Waals surface area contributed by atoms with Gasteiger partial charge >= 0.3 is 0 Å². The average molecular weight is 286 g/mol. The Labute approximate surface area is 115 Å². The minimum absolute atomic E-state index is 0.158. The van der Waals surface area contributed by atoms with Gasteiger partial charge in [0.25, 0.3) is 0 Å². The van der Waals surface area contributed by atoms with E-state index in [1.165, 1.54) is 0 Å². The van der Waals surface area contributed by atoms with Gasteiger partial charge in [0.05, 0.1) is 13.1 Å². The number of nitrogens with two attached hydrogens (primary N) is 1. The Morgan fingerprint density at radius 1 is 1.10 bits per heavy atom. The van der Waals surface area contributed by atoms with E-state index in [0.717, 1.165) is 4.90 Å². The van der Waals surface area contributed by atoms with E-state index in [4.69, 9.17) is 5.73 Å². The van der Waals surface area contributed by atoms with Crippen LogP contribution in [0.5, 0.6) is 0 Å². The molecular formula is C11H18N4O5. The van der Waals surface area contributed by atoms with Gasteiger partial charge in [0, 0.05) is 6.42 Å². The topological polar surface area (TPSA) is 139 Å². The van der Waals surface area contributed by atoms with Gasteiger partial charge in [-0.2, -0.15) is 0 Å². The normalized spacial score (nSPS) is 9.45. The van der Waals surface area contributed by atoms with E-state index in [-0.39, 0.29) is 25.9 Å². The number of carbonyl (C=O) groups is 5. The third-order valence-corrected chi connectivity index (χ3v) is 2.13. The number of nitrogens with zero attached hydrogens (tertiary/aromatic N) is 1. The second-order valence-corrected chi connectivity index (χ2v) is 3.90. The molecule has 0 spiro atoms. The highest BCUT2D eigenvalue weighted by molar-refractivity contribution is 5.93. The maximum absolute atomic E-state index is 11.4. The first-order valence-corrected chi connectivity index (χ1v) is 5.97. The van der Waals surface area contributed by atoms with E-state index in [0.29, 0.717) is 6.42 Å². The molecular weight excluding hydrogens is 268 g/mol. The molecule has 0 fully saturated rings. The molecule has 0 atom stereocenters. The summed E-state index contributed by atoms with van der Waals surface area (Å²) < 4.78 is 0. The highest BCUT2D eigenvalue weighted by atomic mass is 16.2. The molecule has 0 unspecified atom stereocenters. The van der Waals surface area contributed by atoms with E-state index in [9.17, 15) is 24.0 Å². The number of amides is 5. The Balaban J connectivity index is 4.08. The number of hydrogen-bond acceptors (Lipinski definition) is 5. The van der Waals surface area contributed by atoms with Crippen LogP contribution in [0.1, 0.15) is 19.8 Å². The lowest BCUT2D eigenvalue weighted by Gasteiger charge is -2.14. The summed E-state index contributed by atoms with van der Waals surface area (Å²) >= 11 is 0. The average Bonchev–Trinajstić information content (AvgIpc) is 2.40. The van der Waals surface area contributed by atoms with E-state index in [1.807, 2.05) is 0 Å². The van der Waals surface area contributed by atoms with Gasteiger partial charge in [-0.05, 0) is 6.42 Å². The fourth-order valence-electron chi connectivity index (χ4n) is 1.18. The molecule has 20 heavy (non-hydrogen) atoms. The molecule has 0 aromatic heterocycles. The maximum Gasteiger partial charge on any atom is 0.240 e. The molecule has 4 N–H and O–H groups in total. The van der Waals surface area contributed by atoms with Gasteiger partial charge in [-0.1, -0.05) is 6.92 Å². The third kappa shape index (κ3) is 7.80. The van der Waals surface area contributed by atoms with Gasteiger partial charge in [-0.25, -0.2) is 0 Å². The summed E-state index contributed by atoms with van der Waals surface area (Å²) in [6, 6.07) is 0. The SMILES string of the molecule is CCCC(=O)N(C=O)CC(=O)NCC(=O)NCC(N)=O. The first-order chi connectivity index (χ1) is 9.40. The molecule has 0 heterocycles. The van der Waals surface area contributed by atoms with Crippen molar-refractivity contribution in [3.8, 4) is 0 Å². The van der Waals surface area contributed by atoms with Crippen molar-refractivity contribution in [2.75, 3.05) is 19.6 Å². The molecule has 5 amide bonds. The van der Waals surface area contributed by atoms with Crippen molar-refractivity contribution in [3.63, 3.8) is 0 Å². The predicted octanol–water partition coefficient (Wildman–Crippen LogP) is -2.51. The Bertz CT molecular complexity index is 396. The second-order valence-electron chi connectivity index (χ2n) is 3.90. The van der Waals surface area contributed by atoms with Gasteiger partial charge in [-0.3, -0.25) is 28.9 Å². The Morgan fingerprint density at radius 3 is 2.20 bits per heavy atom. The van der Waals surface area contributed by atoms with Crippen molar-refractivity contribution in [1.29, 1.82) is 0 Å². The molecule has 112 valence electrons. The minimum atomic E-state index is -0.707. The standard InChI is InChI=1S/C11H18N4O5/c1-2-3-11(20)15(7-16)6-10(19)14-5-9(18)13-4-8(12)17/h7H,2-6H2,1H3,(H2,12,17)(H,13,18)(H,14,19). The van der Waals surface area contributed by atoms with Crippen LogP contribution in [0.4, 0.5) is 0 Å². The fourth-order valence-corrected chi connectivity index (χ4v) is 1.18. The number of imide groups is 1. The van der Waals surface area contributed by atoms with Crippen molar-refractivity contribution < 1.29 is 24.0 Å². The summed E-state index contributed by atoms with van der Waals surface area (Å²) in [7, 11) is 0. The van der Waals surface area contributed by atoms with Crippen LogP contribution in [0.2, 0.25) is 0 Å². The quantitative estimate of drug-likeness (QED) is 0.402. The fraction of sp³-hybridized carbons (Fsp3) is 0.545.